The Kier molecular flexibility index (Phi) is 3.16. The molecule has 4 heteroatoms. The van der Waals surface area contributed by atoms with Gasteiger partial charge in [-0.1, -0.05) is 15.9 Å². The number of carbonyl (C=O) groups is 1. The van der Waals surface area contributed by atoms with Crippen LogP contribution in [0, 0.1) is 13.8 Å². The standard InChI is InChI=1S/C10H11BrO3/c1-5-3-8(11)6(2)10(14)7(5)4-9(12)13/h3,14H,4H2,1-2H3,(H,12,13). The van der Waals surface area contributed by atoms with Crippen molar-refractivity contribution >= 4 is 21.9 Å². The minimum Gasteiger partial charge on any atom is -0.507 e. The molecule has 0 aliphatic heterocycles. The summed E-state index contributed by atoms with van der Waals surface area (Å²) < 4.78 is 0.793. The van der Waals surface area contributed by atoms with E-state index in [4.69, 9.17) is 5.11 Å². The quantitative estimate of drug-likeness (QED) is 0.857. The van der Waals surface area contributed by atoms with Crippen LogP contribution in [0.2, 0.25) is 0 Å². The number of halogens is 1. The van der Waals surface area contributed by atoms with Crippen LogP contribution in [0.15, 0.2) is 10.5 Å². The highest BCUT2D eigenvalue weighted by molar-refractivity contribution is 9.10. The van der Waals surface area contributed by atoms with Gasteiger partial charge < -0.3 is 10.2 Å². The van der Waals surface area contributed by atoms with E-state index in [-0.39, 0.29) is 12.2 Å². The fourth-order valence-electron chi connectivity index (χ4n) is 1.29. The molecule has 0 spiro atoms. The molecule has 2 N–H and O–H groups in total. The second-order valence-electron chi connectivity index (χ2n) is 3.20. The third-order valence-electron chi connectivity index (χ3n) is 2.15. The van der Waals surface area contributed by atoms with Crippen LogP contribution in [-0.4, -0.2) is 16.2 Å². The lowest BCUT2D eigenvalue weighted by Gasteiger charge is -2.10. The largest absolute Gasteiger partial charge is 0.507 e. The van der Waals surface area contributed by atoms with Gasteiger partial charge in [-0.25, -0.2) is 0 Å². The van der Waals surface area contributed by atoms with E-state index in [1.807, 2.05) is 6.07 Å². The zero-order chi connectivity index (χ0) is 10.9. The molecule has 76 valence electrons. The second-order valence-corrected chi connectivity index (χ2v) is 4.05. The predicted octanol–water partition coefficient (Wildman–Crippen LogP) is 2.40. The highest BCUT2D eigenvalue weighted by Crippen LogP contribution is 2.31. The number of aromatic hydroxyl groups is 1. The third-order valence-corrected chi connectivity index (χ3v) is 2.97. The highest BCUT2D eigenvalue weighted by atomic mass is 79.9. The third kappa shape index (κ3) is 2.07. The van der Waals surface area contributed by atoms with E-state index in [9.17, 15) is 9.90 Å². The zero-order valence-corrected chi connectivity index (χ0v) is 9.55. The Labute approximate surface area is 90.5 Å². The van der Waals surface area contributed by atoms with Crippen molar-refractivity contribution in [2.75, 3.05) is 0 Å². The van der Waals surface area contributed by atoms with Gasteiger partial charge in [0.2, 0.25) is 0 Å². The van der Waals surface area contributed by atoms with Crippen molar-refractivity contribution in [2.45, 2.75) is 20.3 Å². The van der Waals surface area contributed by atoms with Gasteiger partial charge in [0, 0.05) is 15.6 Å². The first-order chi connectivity index (χ1) is 6.43. The molecule has 1 rings (SSSR count). The maximum atomic E-state index is 10.5. The van der Waals surface area contributed by atoms with E-state index in [0.717, 1.165) is 10.0 Å². The Morgan fingerprint density at radius 2 is 2.07 bits per heavy atom. The van der Waals surface area contributed by atoms with E-state index < -0.39 is 5.97 Å². The van der Waals surface area contributed by atoms with Crippen LogP contribution < -0.4 is 0 Å². The summed E-state index contributed by atoms with van der Waals surface area (Å²) >= 11 is 3.29. The molecular formula is C10H11BrO3. The summed E-state index contributed by atoms with van der Waals surface area (Å²) in [5, 5.41) is 18.4. The average molecular weight is 259 g/mol. The fraction of sp³-hybridized carbons (Fsp3) is 0.300. The maximum absolute atomic E-state index is 10.5. The van der Waals surface area contributed by atoms with E-state index in [2.05, 4.69) is 15.9 Å². The van der Waals surface area contributed by atoms with Crippen molar-refractivity contribution in [2.24, 2.45) is 0 Å². The number of benzene rings is 1. The molecule has 0 aliphatic rings. The molecule has 0 bridgehead atoms. The number of hydrogen-bond donors (Lipinski definition) is 2. The number of carboxylic acid groups (broad SMARTS) is 1. The monoisotopic (exact) mass is 258 g/mol. The lowest BCUT2D eigenvalue weighted by atomic mass is 10.0. The van der Waals surface area contributed by atoms with Gasteiger partial charge >= 0.3 is 5.97 Å². The van der Waals surface area contributed by atoms with Crippen LogP contribution in [0.25, 0.3) is 0 Å². The molecule has 0 radical (unpaired) electrons. The molecule has 0 saturated carbocycles. The Morgan fingerprint density at radius 1 is 1.50 bits per heavy atom. The second kappa shape index (κ2) is 4.00. The summed E-state index contributed by atoms with van der Waals surface area (Å²) in [5.41, 5.74) is 1.94. The first kappa shape index (κ1) is 11.0. The normalized spacial score (nSPS) is 10.2. The first-order valence-corrected chi connectivity index (χ1v) is 4.92. The summed E-state index contributed by atoms with van der Waals surface area (Å²) in [6.07, 6.45) is -0.147. The molecule has 14 heavy (non-hydrogen) atoms. The summed E-state index contributed by atoms with van der Waals surface area (Å²) in [4.78, 5) is 10.5. The number of hydrogen-bond acceptors (Lipinski definition) is 2. The Hall–Kier alpha value is -1.03. The van der Waals surface area contributed by atoms with Crippen molar-refractivity contribution in [3.63, 3.8) is 0 Å². The number of aryl methyl sites for hydroxylation is 1. The van der Waals surface area contributed by atoms with Crippen molar-refractivity contribution in [3.8, 4) is 5.75 Å². The number of phenols is 1. The van der Waals surface area contributed by atoms with Crippen molar-refractivity contribution < 1.29 is 15.0 Å². The van der Waals surface area contributed by atoms with Gasteiger partial charge in [-0.15, -0.1) is 0 Å². The van der Waals surface area contributed by atoms with E-state index in [0.29, 0.717) is 11.1 Å². The minimum atomic E-state index is -0.940. The van der Waals surface area contributed by atoms with Gasteiger partial charge in [0.1, 0.15) is 5.75 Å². The molecule has 0 aliphatic carbocycles. The van der Waals surface area contributed by atoms with Gasteiger partial charge in [0.15, 0.2) is 0 Å². The molecule has 0 atom stereocenters. The lowest BCUT2D eigenvalue weighted by molar-refractivity contribution is -0.136. The highest BCUT2D eigenvalue weighted by Gasteiger charge is 2.13. The number of rotatable bonds is 2. The Bertz CT molecular complexity index is 385. The predicted molar refractivity (Wildman–Crippen MR) is 56.6 cm³/mol. The van der Waals surface area contributed by atoms with Gasteiger partial charge in [-0.05, 0) is 25.5 Å². The SMILES string of the molecule is Cc1cc(Br)c(C)c(O)c1CC(=O)O. The topological polar surface area (TPSA) is 57.5 Å². The van der Waals surface area contributed by atoms with Crippen LogP contribution in [0.4, 0.5) is 0 Å². The Morgan fingerprint density at radius 3 is 2.57 bits per heavy atom. The van der Waals surface area contributed by atoms with Crippen molar-refractivity contribution in [3.05, 3.63) is 27.2 Å². The first-order valence-electron chi connectivity index (χ1n) is 4.12. The molecule has 0 amide bonds. The lowest BCUT2D eigenvalue weighted by Crippen LogP contribution is -2.03. The van der Waals surface area contributed by atoms with E-state index >= 15 is 0 Å². The summed E-state index contributed by atoms with van der Waals surface area (Å²) in [5.74, 6) is -0.871. The van der Waals surface area contributed by atoms with Crippen molar-refractivity contribution in [1.29, 1.82) is 0 Å². The van der Waals surface area contributed by atoms with Crippen molar-refractivity contribution in [1.82, 2.24) is 0 Å². The zero-order valence-electron chi connectivity index (χ0n) is 7.97. The van der Waals surface area contributed by atoms with Gasteiger partial charge in [-0.2, -0.15) is 0 Å². The van der Waals surface area contributed by atoms with E-state index in [1.165, 1.54) is 0 Å². The van der Waals surface area contributed by atoms with Gasteiger partial charge in [-0.3, -0.25) is 4.79 Å². The molecule has 1 aromatic rings. The van der Waals surface area contributed by atoms with Crippen LogP contribution in [0.3, 0.4) is 0 Å². The minimum absolute atomic E-state index is 0.0688. The van der Waals surface area contributed by atoms with Crippen LogP contribution in [0.1, 0.15) is 16.7 Å². The molecule has 0 heterocycles. The molecule has 0 aromatic heterocycles. The van der Waals surface area contributed by atoms with Crippen LogP contribution in [-0.2, 0) is 11.2 Å². The van der Waals surface area contributed by atoms with E-state index in [1.54, 1.807) is 13.8 Å². The summed E-state index contributed by atoms with van der Waals surface area (Å²) in [6.45, 7) is 3.52. The number of phenolic OH excluding ortho intramolecular Hbond substituents is 1. The molecule has 0 fully saturated rings. The summed E-state index contributed by atoms with van der Waals surface area (Å²) in [6, 6.07) is 1.81. The molecule has 0 unspecified atom stereocenters. The molecule has 3 nitrogen and oxygen atoms in total. The number of carboxylic acids is 1. The van der Waals surface area contributed by atoms with Crippen LogP contribution >= 0.6 is 15.9 Å². The smallest absolute Gasteiger partial charge is 0.307 e. The number of aliphatic carboxylic acids is 1. The maximum Gasteiger partial charge on any atom is 0.307 e. The summed E-state index contributed by atoms with van der Waals surface area (Å²) in [7, 11) is 0. The van der Waals surface area contributed by atoms with Crippen LogP contribution in [0.5, 0.6) is 5.75 Å². The molecule has 0 saturated heterocycles. The van der Waals surface area contributed by atoms with Gasteiger partial charge in [0.25, 0.3) is 0 Å². The average Bonchev–Trinajstić information content (AvgIpc) is 2.09. The fourth-order valence-corrected chi connectivity index (χ4v) is 1.82. The van der Waals surface area contributed by atoms with Gasteiger partial charge in [0.05, 0.1) is 6.42 Å². The Balaban J connectivity index is 3.29. The molecular weight excluding hydrogens is 248 g/mol. The molecule has 1 aromatic carbocycles.